The lowest BCUT2D eigenvalue weighted by Gasteiger charge is -2.20. The second-order valence-electron chi connectivity index (χ2n) is 12.6. The lowest BCUT2D eigenvalue weighted by Crippen LogP contribution is -2.02. The Kier molecular flexibility index (Phi) is 5.97. The highest BCUT2D eigenvalue weighted by molar-refractivity contribution is 6.22. The van der Waals surface area contributed by atoms with Crippen LogP contribution in [0.1, 0.15) is 5.56 Å². The Morgan fingerprint density at radius 2 is 1.14 bits per heavy atom. The van der Waals surface area contributed by atoms with Crippen LogP contribution in [0.5, 0.6) is 0 Å². The molecule has 0 aliphatic heterocycles. The van der Waals surface area contributed by atoms with E-state index in [9.17, 15) is 5.26 Å². The lowest BCUT2D eigenvalue weighted by atomic mass is 9.97. The van der Waals surface area contributed by atoms with E-state index in [4.69, 9.17) is 17.6 Å². The third-order valence-electron chi connectivity index (χ3n) is 10.0. The van der Waals surface area contributed by atoms with Crippen LogP contribution in [0.15, 0.2) is 144 Å². The molecule has 6 heteroatoms. The maximum Gasteiger partial charge on any atom is 0.218 e. The summed E-state index contributed by atoms with van der Waals surface area (Å²) in [7, 11) is 0. The summed E-state index contributed by atoms with van der Waals surface area (Å²) in [6.07, 6.45) is 0. The van der Waals surface area contributed by atoms with Gasteiger partial charge in [0.25, 0.3) is 0 Å². The van der Waals surface area contributed by atoms with Gasteiger partial charge in [0.05, 0.1) is 52.5 Å². The van der Waals surface area contributed by atoms with Gasteiger partial charge >= 0.3 is 0 Å². The van der Waals surface area contributed by atoms with Crippen LogP contribution >= 0.6 is 0 Å². The molecule has 0 unspecified atom stereocenters. The molecule has 10 rings (SSSR count). The molecule has 0 spiro atoms. The van der Waals surface area contributed by atoms with E-state index in [-0.39, 0.29) is 11.4 Å². The highest BCUT2D eigenvalue weighted by atomic mass is 16.3. The maximum atomic E-state index is 10.3. The minimum atomic E-state index is 0.270. The number of furan rings is 1. The average molecular weight is 650 g/mol. The topological polar surface area (TPSA) is 55.5 Å². The molecule has 0 atom stereocenters. The van der Waals surface area contributed by atoms with Gasteiger partial charge in [-0.25, -0.2) is 4.85 Å². The largest absolute Gasteiger partial charge is 0.454 e. The molecule has 0 saturated heterocycles. The van der Waals surface area contributed by atoms with Gasteiger partial charge < -0.3 is 13.6 Å². The molecule has 0 saturated carbocycles. The summed E-state index contributed by atoms with van der Waals surface area (Å²) in [6, 6.07) is 48.7. The van der Waals surface area contributed by atoms with Gasteiger partial charge in [-0.15, -0.1) is 0 Å². The molecule has 3 heterocycles. The molecule has 0 N–H and O–H groups in total. The standard InChI is InChI=1S/C45H23N5O/c1-47-36-24-23-33(43(42(36)48-2)49-37-15-7-3-11-28(37)29-12-4-8-16-38(29)49)31-20-19-27(26-46)25-40(31)50-39-17-9-5-13-30(39)34-21-22-35-32-14-6-10-18-41(32)51-45(35)44(34)50/h3-25H. The van der Waals surface area contributed by atoms with Crippen molar-refractivity contribution in [2.45, 2.75) is 0 Å². The zero-order chi connectivity index (χ0) is 34.2. The Bertz CT molecular complexity index is 3190. The first-order valence-electron chi connectivity index (χ1n) is 16.5. The molecular formula is C45H23N5O. The van der Waals surface area contributed by atoms with Crippen molar-refractivity contribution in [3.63, 3.8) is 0 Å². The van der Waals surface area contributed by atoms with E-state index in [2.05, 4.69) is 79.5 Å². The third kappa shape index (κ3) is 3.89. The van der Waals surface area contributed by atoms with E-state index in [1.807, 2.05) is 78.9 Å². The van der Waals surface area contributed by atoms with Gasteiger partial charge in [0.2, 0.25) is 5.69 Å². The monoisotopic (exact) mass is 649 g/mol. The first kappa shape index (κ1) is 28.4. The summed E-state index contributed by atoms with van der Waals surface area (Å²) < 4.78 is 11.0. The van der Waals surface area contributed by atoms with E-state index in [1.165, 1.54) is 0 Å². The molecule has 3 aromatic heterocycles. The van der Waals surface area contributed by atoms with Crippen molar-refractivity contribution in [3.8, 4) is 28.6 Å². The van der Waals surface area contributed by atoms with E-state index in [1.54, 1.807) is 6.07 Å². The van der Waals surface area contributed by atoms with Crippen LogP contribution in [-0.2, 0) is 0 Å². The predicted octanol–water partition coefficient (Wildman–Crippen LogP) is 12.4. The van der Waals surface area contributed by atoms with E-state index < -0.39 is 0 Å². The minimum Gasteiger partial charge on any atom is -0.454 e. The number of nitrogens with zero attached hydrogens (tertiary/aromatic N) is 5. The molecule has 0 radical (unpaired) electrons. The maximum absolute atomic E-state index is 10.3. The molecule has 0 bridgehead atoms. The normalized spacial score (nSPS) is 11.5. The fraction of sp³-hybridized carbons (Fsp3) is 0. The van der Waals surface area contributed by atoms with Gasteiger partial charge in [0, 0.05) is 43.6 Å². The molecular weight excluding hydrogens is 627 g/mol. The van der Waals surface area contributed by atoms with Crippen LogP contribution in [0.3, 0.4) is 0 Å². The number of rotatable bonds is 3. The van der Waals surface area contributed by atoms with Gasteiger partial charge in [-0.3, -0.25) is 4.85 Å². The fourth-order valence-electron chi connectivity index (χ4n) is 7.87. The van der Waals surface area contributed by atoms with Crippen LogP contribution in [-0.4, -0.2) is 9.13 Å². The molecule has 51 heavy (non-hydrogen) atoms. The van der Waals surface area contributed by atoms with Gasteiger partial charge in [-0.05, 0) is 48.0 Å². The molecule has 6 nitrogen and oxygen atoms in total. The van der Waals surface area contributed by atoms with Crippen molar-refractivity contribution in [1.82, 2.24) is 9.13 Å². The van der Waals surface area contributed by atoms with Crippen molar-refractivity contribution >= 4 is 76.9 Å². The average Bonchev–Trinajstić information content (AvgIpc) is 3.85. The van der Waals surface area contributed by atoms with E-state index >= 15 is 0 Å². The third-order valence-corrected chi connectivity index (χ3v) is 10.0. The fourth-order valence-corrected chi connectivity index (χ4v) is 7.87. The second-order valence-corrected chi connectivity index (χ2v) is 12.6. The highest BCUT2D eigenvalue weighted by Crippen LogP contribution is 2.48. The van der Waals surface area contributed by atoms with Crippen molar-refractivity contribution in [2.24, 2.45) is 0 Å². The molecule has 0 aliphatic carbocycles. The van der Waals surface area contributed by atoms with Crippen molar-refractivity contribution in [1.29, 1.82) is 5.26 Å². The van der Waals surface area contributed by atoms with E-state index in [0.29, 0.717) is 11.3 Å². The highest BCUT2D eigenvalue weighted by Gasteiger charge is 2.25. The number of aromatic nitrogens is 2. The van der Waals surface area contributed by atoms with Crippen LogP contribution in [0.4, 0.5) is 11.4 Å². The zero-order valence-electron chi connectivity index (χ0n) is 26.9. The van der Waals surface area contributed by atoms with E-state index in [0.717, 1.165) is 82.4 Å². The number of hydrogen-bond donors (Lipinski definition) is 0. The molecule has 0 amide bonds. The quantitative estimate of drug-likeness (QED) is 0.179. The van der Waals surface area contributed by atoms with Gasteiger partial charge in [-0.2, -0.15) is 5.26 Å². The SMILES string of the molecule is [C-]#[N+]c1ccc(-c2ccc(C#N)cc2-n2c3ccccc3c3ccc4c5ccccc5oc4c32)c(-n2c3ccccc3c3ccccc32)c1[N+]#[C-]. The van der Waals surface area contributed by atoms with Crippen LogP contribution < -0.4 is 0 Å². The smallest absolute Gasteiger partial charge is 0.218 e. The number of para-hydroxylation sites is 4. The van der Waals surface area contributed by atoms with Crippen LogP contribution in [0.2, 0.25) is 0 Å². The lowest BCUT2D eigenvalue weighted by molar-refractivity contribution is 0.671. The first-order valence-corrected chi connectivity index (χ1v) is 16.5. The summed E-state index contributed by atoms with van der Waals surface area (Å²) in [4.78, 5) is 7.84. The molecule has 0 aliphatic rings. The second kappa shape index (κ2) is 10.7. The first-order chi connectivity index (χ1) is 25.2. The van der Waals surface area contributed by atoms with Crippen LogP contribution in [0.25, 0.3) is 97.7 Å². The molecule has 234 valence electrons. The summed E-state index contributed by atoms with van der Waals surface area (Å²) in [5.41, 5.74) is 9.28. The van der Waals surface area contributed by atoms with Crippen molar-refractivity contribution < 1.29 is 4.42 Å². The number of benzene rings is 7. The predicted molar refractivity (Wildman–Crippen MR) is 205 cm³/mol. The van der Waals surface area contributed by atoms with Gasteiger partial charge in [0.15, 0.2) is 11.3 Å². The Balaban J connectivity index is 1.40. The van der Waals surface area contributed by atoms with Crippen LogP contribution in [0, 0.1) is 24.5 Å². The molecule has 0 fully saturated rings. The number of fused-ring (bicyclic) bond motifs is 10. The Labute approximate surface area is 291 Å². The van der Waals surface area contributed by atoms with Gasteiger partial charge in [0.1, 0.15) is 5.58 Å². The Hall–Kier alpha value is -7.59. The molecule has 7 aromatic carbocycles. The summed E-state index contributed by atoms with van der Waals surface area (Å²) in [6.45, 7) is 16.5. The summed E-state index contributed by atoms with van der Waals surface area (Å²) in [5, 5.41) is 16.5. The Morgan fingerprint density at radius 3 is 1.80 bits per heavy atom. The zero-order valence-corrected chi connectivity index (χ0v) is 26.9. The van der Waals surface area contributed by atoms with Crippen molar-refractivity contribution in [2.75, 3.05) is 0 Å². The minimum absolute atomic E-state index is 0.270. The van der Waals surface area contributed by atoms with Crippen molar-refractivity contribution in [3.05, 3.63) is 168 Å². The summed E-state index contributed by atoms with van der Waals surface area (Å²) >= 11 is 0. The number of nitriles is 1. The van der Waals surface area contributed by atoms with Gasteiger partial charge in [-0.1, -0.05) is 97.1 Å². The molecule has 10 aromatic rings. The summed E-state index contributed by atoms with van der Waals surface area (Å²) in [5.74, 6) is 0. The Morgan fingerprint density at radius 1 is 0.549 bits per heavy atom. The number of hydrogen-bond acceptors (Lipinski definition) is 2.